The predicted molar refractivity (Wildman–Crippen MR) is 97.5 cm³/mol. The van der Waals surface area contributed by atoms with Crippen molar-refractivity contribution in [1.82, 2.24) is 0 Å². The number of fused-ring (bicyclic) bond motifs is 3. The molecule has 0 saturated heterocycles. The summed E-state index contributed by atoms with van der Waals surface area (Å²) in [7, 11) is 0. The van der Waals surface area contributed by atoms with Crippen LogP contribution in [0.1, 0.15) is 54.5 Å². The summed E-state index contributed by atoms with van der Waals surface area (Å²) in [5.74, 6) is 0. The van der Waals surface area contributed by atoms with Crippen LogP contribution in [0.3, 0.4) is 0 Å². The summed E-state index contributed by atoms with van der Waals surface area (Å²) >= 11 is 4.54. The van der Waals surface area contributed by atoms with Gasteiger partial charge in [-0.2, -0.15) is 0 Å². The molecule has 21 heavy (non-hydrogen) atoms. The molecule has 0 N–H and O–H groups in total. The van der Waals surface area contributed by atoms with Crippen LogP contribution in [0.25, 0.3) is 17.7 Å². The van der Waals surface area contributed by atoms with Crippen LogP contribution in [-0.2, 0) is 12.8 Å². The zero-order valence-electron chi connectivity index (χ0n) is 12.9. The summed E-state index contributed by atoms with van der Waals surface area (Å²) in [5, 5.41) is 0. The second-order valence-electron chi connectivity index (χ2n) is 6.09. The third-order valence-electron chi connectivity index (χ3n) is 4.39. The lowest BCUT2D eigenvalue weighted by atomic mass is 9.80. The van der Waals surface area contributed by atoms with Crippen molar-refractivity contribution in [3.05, 3.63) is 63.1 Å². The first-order valence-electron chi connectivity index (χ1n) is 7.67. The molecule has 0 amide bonds. The van der Waals surface area contributed by atoms with Gasteiger partial charge in [0, 0.05) is 4.91 Å². The Morgan fingerprint density at radius 3 is 2.38 bits per heavy atom. The van der Waals surface area contributed by atoms with Crippen LogP contribution in [0.2, 0.25) is 0 Å². The van der Waals surface area contributed by atoms with Gasteiger partial charge in [-0.25, -0.2) is 0 Å². The fraction of sp³-hybridized carbons (Fsp3) is 0.300. The summed E-state index contributed by atoms with van der Waals surface area (Å²) < 4.78 is 0. The van der Waals surface area contributed by atoms with Gasteiger partial charge in [-0.15, -0.1) is 12.6 Å². The highest BCUT2D eigenvalue weighted by molar-refractivity contribution is 7.85. The molecule has 0 heterocycles. The molecule has 108 valence electrons. The third kappa shape index (κ3) is 2.55. The van der Waals surface area contributed by atoms with Crippen molar-refractivity contribution < 1.29 is 0 Å². The van der Waals surface area contributed by atoms with Crippen molar-refractivity contribution >= 4 is 30.4 Å². The number of benzene rings is 1. The highest BCUT2D eigenvalue weighted by Gasteiger charge is 2.20. The topological polar surface area (TPSA) is 0 Å². The SMILES string of the molecule is C=C(S)C(=C(C)C)c1cc2c(c3c1C=CCC3)CCC=C2. The van der Waals surface area contributed by atoms with E-state index in [-0.39, 0.29) is 0 Å². The summed E-state index contributed by atoms with van der Waals surface area (Å²) in [5.41, 5.74) is 9.64. The van der Waals surface area contributed by atoms with Crippen LogP contribution in [0.4, 0.5) is 0 Å². The Kier molecular flexibility index (Phi) is 3.95. The van der Waals surface area contributed by atoms with Crippen molar-refractivity contribution in [2.24, 2.45) is 0 Å². The number of rotatable bonds is 2. The first-order chi connectivity index (χ1) is 10.1. The highest BCUT2D eigenvalue weighted by Crippen LogP contribution is 2.39. The maximum absolute atomic E-state index is 4.54. The molecule has 0 bridgehead atoms. The van der Waals surface area contributed by atoms with Gasteiger partial charge in [0.1, 0.15) is 0 Å². The zero-order chi connectivity index (χ0) is 15.0. The van der Waals surface area contributed by atoms with Crippen LogP contribution in [-0.4, -0.2) is 0 Å². The van der Waals surface area contributed by atoms with E-state index in [4.69, 9.17) is 0 Å². The minimum Gasteiger partial charge on any atom is -0.143 e. The van der Waals surface area contributed by atoms with Crippen LogP contribution < -0.4 is 0 Å². The van der Waals surface area contributed by atoms with Gasteiger partial charge >= 0.3 is 0 Å². The van der Waals surface area contributed by atoms with E-state index < -0.39 is 0 Å². The van der Waals surface area contributed by atoms with Crippen LogP contribution in [0.5, 0.6) is 0 Å². The Morgan fingerprint density at radius 2 is 1.71 bits per heavy atom. The van der Waals surface area contributed by atoms with Crippen LogP contribution in [0, 0.1) is 0 Å². The standard InChI is InChI=1S/C20H22S/c1-13(2)20(14(3)21)19-12-15-8-4-5-9-16(15)17-10-6-7-11-18(17)19/h4,7-8,11-12,21H,3,5-6,9-10H2,1-2H3. The van der Waals surface area contributed by atoms with Crippen molar-refractivity contribution in [2.45, 2.75) is 39.5 Å². The van der Waals surface area contributed by atoms with Gasteiger partial charge in [-0.05, 0) is 79.0 Å². The van der Waals surface area contributed by atoms with E-state index in [0.717, 1.165) is 24.2 Å². The number of hydrogen-bond acceptors (Lipinski definition) is 1. The lowest BCUT2D eigenvalue weighted by Gasteiger charge is -2.25. The second-order valence-corrected chi connectivity index (χ2v) is 6.63. The molecule has 0 atom stereocenters. The fourth-order valence-electron chi connectivity index (χ4n) is 3.53. The Hall–Kier alpha value is -1.47. The molecule has 0 spiro atoms. The van der Waals surface area contributed by atoms with Gasteiger partial charge in [0.05, 0.1) is 0 Å². The molecule has 0 radical (unpaired) electrons. The Balaban J connectivity index is 2.33. The van der Waals surface area contributed by atoms with Gasteiger partial charge in [0.25, 0.3) is 0 Å². The van der Waals surface area contributed by atoms with Gasteiger partial charge in [0.15, 0.2) is 0 Å². The fourth-order valence-corrected chi connectivity index (χ4v) is 3.87. The second kappa shape index (κ2) is 5.73. The van der Waals surface area contributed by atoms with Crippen LogP contribution in [0.15, 0.2) is 35.3 Å². The van der Waals surface area contributed by atoms with E-state index >= 15 is 0 Å². The first-order valence-corrected chi connectivity index (χ1v) is 8.12. The molecule has 0 aliphatic heterocycles. The van der Waals surface area contributed by atoms with Gasteiger partial charge in [-0.1, -0.05) is 36.5 Å². The third-order valence-corrected chi connectivity index (χ3v) is 4.61. The van der Waals surface area contributed by atoms with Gasteiger partial charge in [0.2, 0.25) is 0 Å². The number of hydrogen-bond donors (Lipinski definition) is 1. The average Bonchev–Trinajstić information content (AvgIpc) is 2.47. The summed E-state index contributed by atoms with van der Waals surface area (Å²) in [4.78, 5) is 0.857. The zero-order valence-corrected chi connectivity index (χ0v) is 13.8. The van der Waals surface area contributed by atoms with Crippen molar-refractivity contribution in [1.29, 1.82) is 0 Å². The smallest absolute Gasteiger partial charge is 0.00461 e. The van der Waals surface area contributed by atoms with E-state index in [1.165, 1.54) is 34.3 Å². The number of allylic oxidation sites excluding steroid dienone is 4. The van der Waals surface area contributed by atoms with E-state index in [1.54, 1.807) is 11.1 Å². The molecule has 0 nitrogen and oxygen atoms in total. The largest absolute Gasteiger partial charge is 0.143 e. The van der Waals surface area contributed by atoms with Gasteiger partial charge in [-0.3, -0.25) is 0 Å². The lowest BCUT2D eigenvalue weighted by Crippen LogP contribution is -2.09. The van der Waals surface area contributed by atoms with E-state index in [2.05, 4.69) is 63.4 Å². The molecule has 0 aromatic heterocycles. The maximum Gasteiger partial charge on any atom is 0.00461 e. The number of thiol groups is 1. The molecular weight excluding hydrogens is 272 g/mol. The minimum atomic E-state index is 0.857. The average molecular weight is 294 g/mol. The van der Waals surface area contributed by atoms with E-state index in [9.17, 15) is 0 Å². The molecule has 1 aromatic rings. The molecule has 1 heteroatoms. The molecule has 0 unspecified atom stereocenters. The van der Waals surface area contributed by atoms with Crippen LogP contribution >= 0.6 is 12.6 Å². The molecule has 2 aliphatic carbocycles. The quantitative estimate of drug-likeness (QED) is 0.514. The Labute approximate surface area is 133 Å². The lowest BCUT2D eigenvalue weighted by molar-refractivity contribution is 0.904. The Bertz CT molecular complexity index is 695. The van der Waals surface area contributed by atoms with E-state index in [1.807, 2.05) is 0 Å². The maximum atomic E-state index is 4.54. The highest BCUT2D eigenvalue weighted by atomic mass is 32.1. The monoisotopic (exact) mass is 294 g/mol. The summed E-state index contributed by atoms with van der Waals surface area (Å²) in [6.07, 6.45) is 13.8. The molecule has 3 rings (SSSR count). The molecule has 0 fully saturated rings. The summed E-state index contributed by atoms with van der Waals surface area (Å²) in [6.45, 7) is 8.37. The van der Waals surface area contributed by atoms with Crippen molar-refractivity contribution in [3.8, 4) is 0 Å². The predicted octanol–water partition coefficient (Wildman–Crippen LogP) is 5.84. The Morgan fingerprint density at radius 1 is 1.05 bits per heavy atom. The molecule has 2 aliphatic rings. The molecule has 1 aromatic carbocycles. The van der Waals surface area contributed by atoms with Crippen molar-refractivity contribution in [2.75, 3.05) is 0 Å². The summed E-state index contributed by atoms with van der Waals surface area (Å²) in [6, 6.07) is 2.34. The molecular formula is C20H22S. The van der Waals surface area contributed by atoms with Gasteiger partial charge < -0.3 is 0 Å². The van der Waals surface area contributed by atoms with Crippen molar-refractivity contribution in [3.63, 3.8) is 0 Å². The molecule has 0 saturated carbocycles. The first kappa shape index (κ1) is 14.5. The minimum absolute atomic E-state index is 0.857. The van der Waals surface area contributed by atoms with E-state index in [0.29, 0.717) is 0 Å². The normalized spacial score (nSPS) is 15.4.